The zero-order valence-electron chi connectivity index (χ0n) is 19.1. The number of carbonyl (C=O) groups is 2. The number of hydrogen-bond donors (Lipinski definition) is 3. The molecule has 176 valence electrons. The number of amides is 2. The minimum atomic E-state index is -0.449. The Morgan fingerprint density at radius 1 is 0.912 bits per heavy atom. The first kappa shape index (κ1) is 25.4. The molecule has 3 N–H and O–H groups in total. The molecule has 0 radical (unpaired) electrons. The molecule has 0 atom stereocenters. The van der Waals surface area contributed by atoms with Crippen molar-refractivity contribution in [2.45, 2.75) is 26.2 Å². The van der Waals surface area contributed by atoms with E-state index in [-0.39, 0.29) is 23.0 Å². The first-order valence-electron chi connectivity index (χ1n) is 10.6. The van der Waals surface area contributed by atoms with Crippen LogP contribution in [0.4, 0.5) is 0 Å². The molecule has 3 aromatic rings. The van der Waals surface area contributed by atoms with E-state index in [2.05, 4.69) is 52.9 Å². The fourth-order valence-corrected chi connectivity index (χ4v) is 3.68. The Kier molecular flexibility index (Phi) is 8.41. The van der Waals surface area contributed by atoms with Crippen molar-refractivity contribution in [2.75, 3.05) is 6.61 Å². The molecular weight excluding hydrogens is 514 g/mol. The van der Waals surface area contributed by atoms with E-state index in [0.717, 1.165) is 21.2 Å². The van der Waals surface area contributed by atoms with E-state index >= 15 is 0 Å². The quantitative estimate of drug-likeness (QED) is 0.309. The SMILES string of the molecule is CC(C)(C)c1ccc(OCC(=O)NNC(=S)NC(=O)c2ccc(-c3ccccc3)cc2)c(Br)c1. The second-order valence-corrected chi connectivity index (χ2v) is 9.85. The molecule has 0 bridgehead atoms. The maximum atomic E-state index is 12.4. The lowest BCUT2D eigenvalue weighted by Crippen LogP contribution is -2.49. The summed E-state index contributed by atoms with van der Waals surface area (Å²) < 4.78 is 6.33. The summed E-state index contributed by atoms with van der Waals surface area (Å²) in [6.45, 7) is 6.14. The largest absolute Gasteiger partial charge is 0.483 e. The number of rotatable bonds is 5. The molecule has 0 aliphatic carbocycles. The van der Waals surface area contributed by atoms with Crippen LogP contribution in [0.3, 0.4) is 0 Å². The van der Waals surface area contributed by atoms with Crippen LogP contribution in [0.2, 0.25) is 0 Å². The van der Waals surface area contributed by atoms with E-state index in [4.69, 9.17) is 17.0 Å². The van der Waals surface area contributed by atoms with E-state index in [0.29, 0.717) is 11.3 Å². The van der Waals surface area contributed by atoms with Crippen molar-refractivity contribution >= 4 is 45.1 Å². The van der Waals surface area contributed by atoms with Crippen LogP contribution in [0.15, 0.2) is 77.3 Å². The fraction of sp³-hybridized carbons (Fsp3) is 0.192. The summed E-state index contributed by atoms with van der Waals surface area (Å²) >= 11 is 8.57. The summed E-state index contributed by atoms with van der Waals surface area (Å²) in [4.78, 5) is 24.5. The van der Waals surface area contributed by atoms with Gasteiger partial charge < -0.3 is 4.74 Å². The van der Waals surface area contributed by atoms with Crippen LogP contribution in [-0.2, 0) is 10.2 Å². The zero-order valence-corrected chi connectivity index (χ0v) is 21.5. The van der Waals surface area contributed by atoms with Gasteiger partial charge in [-0.1, -0.05) is 69.3 Å². The number of nitrogens with one attached hydrogen (secondary N) is 3. The Balaban J connectivity index is 1.44. The van der Waals surface area contributed by atoms with Crippen LogP contribution in [0.1, 0.15) is 36.7 Å². The highest BCUT2D eigenvalue weighted by Gasteiger charge is 2.16. The van der Waals surface area contributed by atoms with Gasteiger partial charge in [0, 0.05) is 5.56 Å². The van der Waals surface area contributed by atoms with Gasteiger partial charge >= 0.3 is 0 Å². The molecule has 2 amide bonds. The third-order valence-electron chi connectivity index (χ3n) is 4.95. The molecule has 0 aliphatic rings. The Labute approximate surface area is 213 Å². The summed E-state index contributed by atoms with van der Waals surface area (Å²) in [5, 5.41) is 2.51. The lowest BCUT2D eigenvalue weighted by atomic mass is 9.87. The standard InChI is InChI=1S/C26H26BrN3O3S/c1-26(2,3)20-13-14-22(21(27)15-20)33-16-23(31)29-30-25(34)28-24(32)19-11-9-18(10-12-19)17-7-5-4-6-8-17/h4-15H,16H2,1-3H3,(H,29,31)(H2,28,30,32,34). The maximum absolute atomic E-state index is 12.4. The van der Waals surface area contributed by atoms with Crippen molar-refractivity contribution < 1.29 is 14.3 Å². The first-order chi connectivity index (χ1) is 16.1. The van der Waals surface area contributed by atoms with Gasteiger partial charge in [-0.25, -0.2) is 0 Å². The normalized spacial score (nSPS) is 10.8. The van der Waals surface area contributed by atoms with Crippen LogP contribution in [0.25, 0.3) is 11.1 Å². The predicted octanol–water partition coefficient (Wildman–Crippen LogP) is 5.13. The first-order valence-corrected chi connectivity index (χ1v) is 11.8. The number of carbonyl (C=O) groups excluding carboxylic acids is 2. The van der Waals surface area contributed by atoms with Gasteiger partial charge in [0.15, 0.2) is 11.7 Å². The van der Waals surface area contributed by atoms with E-state index in [9.17, 15) is 9.59 Å². The lowest BCUT2D eigenvalue weighted by Gasteiger charge is -2.20. The van der Waals surface area contributed by atoms with Gasteiger partial charge in [0.1, 0.15) is 5.75 Å². The van der Waals surface area contributed by atoms with Crippen molar-refractivity contribution in [1.82, 2.24) is 16.2 Å². The number of hydrogen-bond acceptors (Lipinski definition) is 4. The number of ether oxygens (including phenoxy) is 1. The van der Waals surface area contributed by atoms with Gasteiger partial charge in [0.25, 0.3) is 11.8 Å². The van der Waals surface area contributed by atoms with Gasteiger partial charge in [0.05, 0.1) is 4.47 Å². The molecule has 0 unspecified atom stereocenters. The van der Waals surface area contributed by atoms with Crippen LogP contribution < -0.4 is 20.9 Å². The second-order valence-electron chi connectivity index (χ2n) is 8.58. The molecule has 34 heavy (non-hydrogen) atoms. The van der Waals surface area contributed by atoms with Crippen molar-refractivity contribution in [1.29, 1.82) is 0 Å². The molecule has 0 aliphatic heterocycles. The molecule has 3 aromatic carbocycles. The van der Waals surface area contributed by atoms with E-state index < -0.39 is 5.91 Å². The summed E-state index contributed by atoms with van der Waals surface area (Å²) in [5.41, 5.74) is 8.59. The third-order valence-corrected chi connectivity index (χ3v) is 5.78. The van der Waals surface area contributed by atoms with Gasteiger partial charge in [-0.3, -0.25) is 25.8 Å². The highest BCUT2D eigenvalue weighted by Crippen LogP contribution is 2.31. The van der Waals surface area contributed by atoms with Crippen molar-refractivity contribution in [2.24, 2.45) is 0 Å². The Bertz CT molecular complexity index is 1180. The van der Waals surface area contributed by atoms with E-state index in [1.54, 1.807) is 12.1 Å². The Hall–Kier alpha value is -3.23. The van der Waals surface area contributed by atoms with Gasteiger partial charge in [-0.15, -0.1) is 0 Å². The maximum Gasteiger partial charge on any atom is 0.276 e. The second kappa shape index (κ2) is 11.3. The smallest absolute Gasteiger partial charge is 0.276 e. The minimum absolute atomic E-state index is 0.00636. The van der Waals surface area contributed by atoms with Gasteiger partial charge in [0.2, 0.25) is 0 Å². The zero-order chi connectivity index (χ0) is 24.7. The number of benzene rings is 3. The Morgan fingerprint density at radius 2 is 1.56 bits per heavy atom. The molecule has 0 saturated heterocycles. The van der Waals surface area contributed by atoms with Crippen LogP contribution in [0, 0.1) is 0 Å². The molecule has 3 rings (SSSR count). The minimum Gasteiger partial charge on any atom is -0.483 e. The van der Waals surface area contributed by atoms with Crippen molar-refractivity contribution in [3.63, 3.8) is 0 Å². The predicted molar refractivity (Wildman–Crippen MR) is 142 cm³/mol. The van der Waals surface area contributed by atoms with Gasteiger partial charge in [-0.05, 0) is 74.5 Å². The monoisotopic (exact) mass is 539 g/mol. The highest BCUT2D eigenvalue weighted by molar-refractivity contribution is 9.10. The van der Waals surface area contributed by atoms with Crippen LogP contribution in [-0.4, -0.2) is 23.5 Å². The molecule has 0 fully saturated rings. The van der Waals surface area contributed by atoms with Crippen molar-refractivity contribution in [3.05, 3.63) is 88.4 Å². The molecule has 0 spiro atoms. The molecule has 0 heterocycles. The molecule has 6 nitrogen and oxygen atoms in total. The summed E-state index contributed by atoms with van der Waals surface area (Å²) in [6.07, 6.45) is 0. The summed E-state index contributed by atoms with van der Waals surface area (Å²) in [7, 11) is 0. The average molecular weight is 540 g/mol. The molecule has 8 heteroatoms. The Morgan fingerprint density at radius 3 is 2.18 bits per heavy atom. The molecular formula is C26H26BrN3O3S. The van der Waals surface area contributed by atoms with Crippen LogP contribution in [0.5, 0.6) is 5.75 Å². The highest BCUT2D eigenvalue weighted by atomic mass is 79.9. The summed E-state index contributed by atoms with van der Waals surface area (Å²) in [6, 6.07) is 22.8. The average Bonchev–Trinajstić information content (AvgIpc) is 2.82. The molecule has 0 aromatic heterocycles. The van der Waals surface area contributed by atoms with Gasteiger partial charge in [-0.2, -0.15) is 0 Å². The number of halogens is 1. The van der Waals surface area contributed by atoms with Crippen LogP contribution >= 0.6 is 28.1 Å². The molecule has 0 saturated carbocycles. The lowest BCUT2D eigenvalue weighted by molar-refractivity contribution is -0.123. The van der Waals surface area contributed by atoms with E-state index in [1.165, 1.54) is 0 Å². The topological polar surface area (TPSA) is 79.5 Å². The third kappa shape index (κ3) is 7.13. The summed E-state index contributed by atoms with van der Waals surface area (Å²) in [5.74, 6) is -0.279. The van der Waals surface area contributed by atoms with E-state index in [1.807, 2.05) is 60.7 Å². The fourth-order valence-electron chi connectivity index (χ4n) is 3.04. The number of thiocarbonyl (C=S) groups is 1. The van der Waals surface area contributed by atoms with Crippen molar-refractivity contribution in [3.8, 4) is 16.9 Å². The number of hydrazine groups is 1.